The lowest BCUT2D eigenvalue weighted by atomic mass is 10.0. The van der Waals surface area contributed by atoms with Crippen molar-refractivity contribution >= 4 is 0 Å². The molecular weight excluding hydrogens is 208 g/mol. The van der Waals surface area contributed by atoms with Crippen molar-refractivity contribution in [2.24, 2.45) is 0 Å². The molecule has 1 unspecified atom stereocenters. The number of nitrogens with zero attached hydrogens (tertiary/aromatic N) is 1. The van der Waals surface area contributed by atoms with Crippen molar-refractivity contribution < 1.29 is 0 Å². The van der Waals surface area contributed by atoms with Gasteiger partial charge in [0.2, 0.25) is 0 Å². The van der Waals surface area contributed by atoms with Crippen LogP contribution in [0, 0.1) is 11.3 Å². The first-order valence-electron chi connectivity index (χ1n) is 6.53. The minimum Gasteiger partial charge on any atom is -0.309 e. The predicted molar refractivity (Wildman–Crippen MR) is 71.6 cm³/mol. The normalized spacial score (nSPS) is 12.0. The fourth-order valence-electron chi connectivity index (χ4n) is 1.97. The highest BCUT2D eigenvalue weighted by Gasteiger charge is 2.09. The summed E-state index contributed by atoms with van der Waals surface area (Å²) < 4.78 is 0. The summed E-state index contributed by atoms with van der Waals surface area (Å²) in [4.78, 5) is 0. The van der Waals surface area contributed by atoms with Crippen molar-refractivity contribution in [2.45, 2.75) is 45.1 Å². The lowest BCUT2D eigenvalue weighted by Gasteiger charge is -2.18. The minimum atomic E-state index is 0.399. The van der Waals surface area contributed by atoms with Crippen molar-refractivity contribution in [3.05, 3.63) is 35.9 Å². The van der Waals surface area contributed by atoms with E-state index in [1.54, 1.807) is 0 Å². The highest BCUT2D eigenvalue weighted by atomic mass is 14.9. The Bertz CT molecular complexity index is 327. The summed E-state index contributed by atoms with van der Waals surface area (Å²) in [6.07, 6.45) is 5.51. The third-order valence-corrected chi connectivity index (χ3v) is 2.93. The van der Waals surface area contributed by atoms with Gasteiger partial charge in [0.05, 0.1) is 6.07 Å². The molecule has 1 aromatic rings. The third-order valence-electron chi connectivity index (χ3n) is 2.93. The van der Waals surface area contributed by atoms with Gasteiger partial charge in [-0.25, -0.2) is 0 Å². The summed E-state index contributed by atoms with van der Waals surface area (Å²) in [6, 6.07) is 13.1. The van der Waals surface area contributed by atoms with Gasteiger partial charge < -0.3 is 5.32 Å². The molecule has 0 bridgehead atoms. The van der Waals surface area contributed by atoms with Crippen molar-refractivity contribution in [3.63, 3.8) is 0 Å². The van der Waals surface area contributed by atoms with Crippen LogP contribution in [0.2, 0.25) is 0 Å². The van der Waals surface area contributed by atoms with Gasteiger partial charge in [0, 0.05) is 19.0 Å². The first kappa shape index (κ1) is 13.7. The number of rotatable bonds is 8. The maximum Gasteiger partial charge on any atom is 0.0635 e. The molecule has 92 valence electrons. The average Bonchev–Trinajstić information content (AvgIpc) is 2.38. The highest BCUT2D eigenvalue weighted by molar-refractivity contribution is 5.18. The zero-order chi connectivity index (χ0) is 12.3. The average molecular weight is 230 g/mol. The number of hydrogen-bond acceptors (Lipinski definition) is 2. The largest absolute Gasteiger partial charge is 0.309 e. The van der Waals surface area contributed by atoms with E-state index in [1.807, 2.05) is 6.07 Å². The number of benzene rings is 1. The predicted octanol–water partition coefficient (Wildman–Crippen LogP) is 3.81. The summed E-state index contributed by atoms with van der Waals surface area (Å²) in [7, 11) is 0. The molecule has 1 rings (SSSR count). The van der Waals surface area contributed by atoms with Gasteiger partial charge in [0.25, 0.3) is 0 Å². The number of hydrogen-bond donors (Lipinski definition) is 1. The molecule has 1 atom stereocenters. The molecule has 0 saturated carbocycles. The van der Waals surface area contributed by atoms with Crippen LogP contribution in [0.3, 0.4) is 0 Å². The van der Waals surface area contributed by atoms with E-state index >= 15 is 0 Å². The second-order valence-corrected chi connectivity index (χ2v) is 4.32. The summed E-state index contributed by atoms with van der Waals surface area (Å²) in [5.74, 6) is 0. The molecular formula is C15H22N2. The molecule has 0 radical (unpaired) electrons. The lowest BCUT2D eigenvalue weighted by Crippen LogP contribution is -2.22. The number of nitriles is 1. The topological polar surface area (TPSA) is 35.8 Å². The molecule has 1 N–H and O–H groups in total. The minimum absolute atomic E-state index is 0.399. The molecule has 0 aliphatic carbocycles. The Labute approximate surface area is 105 Å². The van der Waals surface area contributed by atoms with E-state index < -0.39 is 0 Å². The summed E-state index contributed by atoms with van der Waals surface area (Å²) in [5, 5.41) is 12.0. The Kier molecular flexibility index (Phi) is 7.09. The zero-order valence-electron chi connectivity index (χ0n) is 10.7. The SMILES string of the molecule is CCCCCC(NCCC#N)c1ccccc1. The standard InChI is InChI=1S/C15H22N2/c1-2-3-5-11-15(17-13-8-12-16)14-9-6-4-7-10-14/h4,6-7,9-10,15,17H,2-3,5,8,11,13H2,1H3. The Morgan fingerprint density at radius 2 is 2.00 bits per heavy atom. The fraction of sp³-hybridized carbons (Fsp3) is 0.533. The highest BCUT2D eigenvalue weighted by Crippen LogP contribution is 2.19. The summed E-state index contributed by atoms with van der Waals surface area (Å²) in [5.41, 5.74) is 1.33. The maximum absolute atomic E-state index is 8.57. The van der Waals surface area contributed by atoms with Crippen molar-refractivity contribution in [3.8, 4) is 6.07 Å². The smallest absolute Gasteiger partial charge is 0.0635 e. The Hall–Kier alpha value is -1.33. The quantitative estimate of drug-likeness (QED) is 0.689. The van der Waals surface area contributed by atoms with Crippen LogP contribution in [-0.4, -0.2) is 6.54 Å². The van der Waals surface area contributed by atoms with Crippen LogP contribution in [0.4, 0.5) is 0 Å². The Balaban J connectivity index is 2.50. The summed E-state index contributed by atoms with van der Waals surface area (Å²) in [6.45, 7) is 3.00. The van der Waals surface area contributed by atoms with Crippen LogP contribution in [-0.2, 0) is 0 Å². The van der Waals surface area contributed by atoms with Crippen LogP contribution in [0.15, 0.2) is 30.3 Å². The fourth-order valence-corrected chi connectivity index (χ4v) is 1.97. The van der Waals surface area contributed by atoms with E-state index in [-0.39, 0.29) is 0 Å². The van der Waals surface area contributed by atoms with Crippen LogP contribution in [0.1, 0.15) is 50.6 Å². The zero-order valence-corrected chi connectivity index (χ0v) is 10.7. The van der Waals surface area contributed by atoms with Gasteiger partial charge in [-0.05, 0) is 12.0 Å². The van der Waals surface area contributed by atoms with E-state index in [1.165, 1.54) is 24.8 Å². The molecule has 2 heteroatoms. The third kappa shape index (κ3) is 5.51. The number of unbranched alkanes of at least 4 members (excludes halogenated alkanes) is 2. The van der Waals surface area contributed by atoms with E-state index in [2.05, 4.69) is 42.6 Å². The van der Waals surface area contributed by atoms with E-state index in [4.69, 9.17) is 5.26 Å². The molecule has 1 aromatic carbocycles. The monoisotopic (exact) mass is 230 g/mol. The van der Waals surface area contributed by atoms with Gasteiger partial charge in [0.1, 0.15) is 0 Å². The van der Waals surface area contributed by atoms with Crippen molar-refractivity contribution in [1.29, 1.82) is 5.26 Å². The molecule has 0 aliphatic heterocycles. The molecule has 0 aromatic heterocycles. The Morgan fingerprint density at radius 3 is 2.65 bits per heavy atom. The Morgan fingerprint density at radius 1 is 1.24 bits per heavy atom. The van der Waals surface area contributed by atoms with Gasteiger partial charge in [-0.3, -0.25) is 0 Å². The first-order valence-corrected chi connectivity index (χ1v) is 6.53. The second kappa shape index (κ2) is 8.78. The molecule has 0 fully saturated rings. The number of nitrogens with one attached hydrogen (secondary N) is 1. The van der Waals surface area contributed by atoms with Crippen LogP contribution in [0.5, 0.6) is 0 Å². The van der Waals surface area contributed by atoms with E-state index in [0.29, 0.717) is 12.5 Å². The van der Waals surface area contributed by atoms with Crippen molar-refractivity contribution in [2.75, 3.05) is 6.54 Å². The van der Waals surface area contributed by atoms with Gasteiger partial charge >= 0.3 is 0 Å². The van der Waals surface area contributed by atoms with Crippen LogP contribution >= 0.6 is 0 Å². The lowest BCUT2D eigenvalue weighted by molar-refractivity contribution is 0.480. The van der Waals surface area contributed by atoms with Gasteiger partial charge in [-0.2, -0.15) is 5.26 Å². The summed E-state index contributed by atoms with van der Waals surface area (Å²) >= 11 is 0. The van der Waals surface area contributed by atoms with E-state index in [0.717, 1.165) is 13.0 Å². The molecule has 0 amide bonds. The van der Waals surface area contributed by atoms with Crippen LogP contribution < -0.4 is 5.32 Å². The van der Waals surface area contributed by atoms with Crippen molar-refractivity contribution in [1.82, 2.24) is 5.32 Å². The second-order valence-electron chi connectivity index (χ2n) is 4.32. The van der Waals surface area contributed by atoms with Gasteiger partial charge in [0.15, 0.2) is 0 Å². The first-order chi connectivity index (χ1) is 8.38. The van der Waals surface area contributed by atoms with Gasteiger partial charge in [-0.1, -0.05) is 56.5 Å². The van der Waals surface area contributed by atoms with Crippen LogP contribution in [0.25, 0.3) is 0 Å². The molecule has 0 heterocycles. The van der Waals surface area contributed by atoms with E-state index in [9.17, 15) is 0 Å². The van der Waals surface area contributed by atoms with Gasteiger partial charge in [-0.15, -0.1) is 0 Å². The molecule has 0 aliphatic rings. The molecule has 17 heavy (non-hydrogen) atoms. The molecule has 2 nitrogen and oxygen atoms in total. The molecule has 0 saturated heterocycles. The molecule has 0 spiro atoms. The maximum atomic E-state index is 8.57.